The van der Waals surface area contributed by atoms with Crippen LogP contribution in [0.2, 0.25) is 10.0 Å². The Morgan fingerprint density at radius 2 is 1.84 bits per heavy atom. The third kappa shape index (κ3) is 4.96. The molecule has 3 aromatic rings. The van der Waals surface area contributed by atoms with Crippen LogP contribution in [-0.4, -0.2) is 40.2 Å². The van der Waals surface area contributed by atoms with Gasteiger partial charge in [0.15, 0.2) is 0 Å². The van der Waals surface area contributed by atoms with Crippen LogP contribution in [0.15, 0.2) is 52.2 Å². The topological polar surface area (TPSA) is 134 Å². The zero-order valence-corrected chi connectivity index (χ0v) is 22.5. The summed E-state index contributed by atoms with van der Waals surface area (Å²) in [5, 5.41) is 13.5. The van der Waals surface area contributed by atoms with Crippen LogP contribution >= 0.6 is 23.2 Å². The SMILES string of the molecule is O=C(NO)C1c2c([nH]n(C3CCCC3)c2=O)CCN1S(=O)(=O)c1ccc(OCc2ccc(Cl)cc2Cl)cc1. The number of hydrogen-bond acceptors (Lipinski definition) is 6. The zero-order chi connectivity index (χ0) is 27.0. The van der Waals surface area contributed by atoms with Crippen molar-refractivity contribution in [3.63, 3.8) is 0 Å². The van der Waals surface area contributed by atoms with Crippen LogP contribution in [0.3, 0.4) is 0 Å². The molecule has 0 spiro atoms. The van der Waals surface area contributed by atoms with E-state index in [-0.39, 0.29) is 36.1 Å². The molecule has 1 saturated carbocycles. The molecule has 2 heterocycles. The minimum absolute atomic E-state index is 0.0220. The molecular formula is C25H26Cl2N4O6S. The van der Waals surface area contributed by atoms with Crippen molar-refractivity contribution < 1.29 is 23.2 Å². The molecule has 1 fully saturated rings. The van der Waals surface area contributed by atoms with Crippen molar-refractivity contribution in [2.45, 2.75) is 55.7 Å². The highest BCUT2D eigenvalue weighted by molar-refractivity contribution is 7.89. The van der Waals surface area contributed by atoms with Crippen LogP contribution in [0.25, 0.3) is 0 Å². The minimum atomic E-state index is -4.22. The number of fused-ring (bicyclic) bond motifs is 1. The maximum Gasteiger partial charge on any atom is 0.272 e. The lowest BCUT2D eigenvalue weighted by Crippen LogP contribution is -2.48. The number of halogens is 2. The zero-order valence-electron chi connectivity index (χ0n) is 20.2. The summed E-state index contributed by atoms with van der Waals surface area (Å²) >= 11 is 12.1. The highest BCUT2D eigenvalue weighted by Crippen LogP contribution is 2.35. The van der Waals surface area contributed by atoms with Crippen LogP contribution in [-0.2, 0) is 27.8 Å². The number of rotatable bonds is 7. The van der Waals surface area contributed by atoms with Gasteiger partial charge in [-0.15, -0.1) is 0 Å². The van der Waals surface area contributed by atoms with E-state index in [0.29, 0.717) is 27.1 Å². The fourth-order valence-corrected chi connectivity index (χ4v) is 7.15. The normalized spacial score (nSPS) is 18.3. The summed E-state index contributed by atoms with van der Waals surface area (Å²) in [5.74, 6) is -0.588. The molecule has 2 aromatic carbocycles. The standard InChI is InChI=1S/C25H26Cl2N4O6S/c26-16-6-5-15(20(27)13-16)14-37-18-7-9-19(10-8-18)38(35,36)30-12-11-21-22(23(30)24(32)29-34)25(33)31(28-21)17-3-1-2-4-17/h5-10,13,17,23,28,34H,1-4,11-12,14H2,(H,29,32). The molecule has 13 heteroatoms. The number of nitrogens with zero attached hydrogens (tertiary/aromatic N) is 2. The van der Waals surface area contributed by atoms with Crippen molar-refractivity contribution in [2.75, 3.05) is 6.54 Å². The molecule has 202 valence electrons. The van der Waals surface area contributed by atoms with E-state index in [9.17, 15) is 23.2 Å². The molecular weight excluding hydrogens is 555 g/mol. The second-order valence-corrected chi connectivity index (χ2v) is 12.1. The summed E-state index contributed by atoms with van der Waals surface area (Å²) in [4.78, 5) is 26.0. The third-order valence-corrected chi connectivity index (χ3v) is 9.53. The fraction of sp³-hybridized carbons (Fsp3) is 0.360. The number of aromatic nitrogens is 2. The smallest absolute Gasteiger partial charge is 0.272 e. The molecule has 1 aliphatic heterocycles. The minimum Gasteiger partial charge on any atom is -0.489 e. The Hall–Kier alpha value is -2.83. The Morgan fingerprint density at radius 3 is 2.50 bits per heavy atom. The van der Waals surface area contributed by atoms with Gasteiger partial charge >= 0.3 is 0 Å². The highest BCUT2D eigenvalue weighted by atomic mass is 35.5. The predicted octanol–water partition coefficient (Wildman–Crippen LogP) is 3.97. The molecule has 1 amide bonds. The van der Waals surface area contributed by atoms with Crippen LogP contribution in [0.1, 0.15) is 54.6 Å². The van der Waals surface area contributed by atoms with E-state index in [0.717, 1.165) is 30.0 Å². The van der Waals surface area contributed by atoms with Gasteiger partial charge in [-0.1, -0.05) is 42.1 Å². The Balaban J connectivity index is 1.40. The van der Waals surface area contributed by atoms with Gasteiger partial charge in [0, 0.05) is 34.3 Å². The summed E-state index contributed by atoms with van der Waals surface area (Å²) < 4.78 is 35.5. The number of sulfonamides is 1. The highest BCUT2D eigenvalue weighted by Gasteiger charge is 2.44. The number of nitrogens with one attached hydrogen (secondary N) is 2. The first-order valence-electron chi connectivity index (χ1n) is 12.2. The van der Waals surface area contributed by atoms with Gasteiger partial charge in [-0.05, 0) is 49.2 Å². The van der Waals surface area contributed by atoms with Crippen molar-refractivity contribution in [3.8, 4) is 5.75 Å². The van der Waals surface area contributed by atoms with Gasteiger partial charge in [0.2, 0.25) is 10.0 Å². The Labute approximate surface area is 229 Å². The van der Waals surface area contributed by atoms with E-state index >= 15 is 0 Å². The van der Waals surface area contributed by atoms with Crippen molar-refractivity contribution in [1.29, 1.82) is 0 Å². The molecule has 3 N–H and O–H groups in total. The summed E-state index contributed by atoms with van der Waals surface area (Å²) in [7, 11) is -4.22. The van der Waals surface area contributed by atoms with Gasteiger partial charge in [-0.2, -0.15) is 4.31 Å². The average Bonchev–Trinajstić information content (AvgIpc) is 3.55. The maximum absolute atomic E-state index is 13.6. The number of aromatic amines is 1. The molecule has 1 unspecified atom stereocenters. The van der Waals surface area contributed by atoms with Crippen molar-refractivity contribution in [3.05, 3.63) is 79.7 Å². The number of amides is 1. The van der Waals surface area contributed by atoms with Crippen LogP contribution in [0, 0.1) is 0 Å². The third-order valence-electron chi connectivity index (χ3n) is 7.06. The Kier molecular flexibility index (Phi) is 7.56. The lowest BCUT2D eigenvalue weighted by atomic mass is 10.0. The van der Waals surface area contributed by atoms with Crippen LogP contribution in [0.5, 0.6) is 5.75 Å². The molecule has 0 saturated heterocycles. The molecule has 2 aliphatic rings. The molecule has 1 aromatic heterocycles. The number of ether oxygens (including phenoxy) is 1. The second-order valence-electron chi connectivity index (χ2n) is 9.36. The van der Waals surface area contributed by atoms with Crippen molar-refractivity contribution >= 4 is 39.1 Å². The second kappa shape index (κ2) is 10.7. The molecule has 5 rings (SSSR count). The van der Waals surface area contributed by atoms with Crippen LogP contribution < -0.4 is 15.8 Å². The van der Waals surface area contributed by atoms with Crippen molar-refractivity contribution in [2.24, 2.45) is 0 Å². The van der Waals surface area contributed by atoms with Crippen molar-refractivity contribution in [1.82, 2.24) is 19.6 Å². The summed E-state index contributed by atoms with van der Waals surface area (Å²) in [6.07, 6.45) is 3.87. The van der Waals surface area contributed by atoms with Gasteiger partial charge in [-0.25, -0.2) is 18.6 Å². The van der Waals surface area contributed by atoms with Gasteiger partial charge in [0.25, 0.3) is 11.5 Å². The molecule has 1 aliphatic carbocycles. The number of hydrogen-bond donors (Lipinski definition) is 3. The van der Waals surface area contributed by atoms with Gasteiger partial charge in [-0.3, -0.25) is 19.9 Å². The first kappa shape index (κ1) is 26.8. The van der Waals surface area contributed by atoms with E-state index < -0.39 is 27.5 Å². The Morgan fingerprint density at radius 1 is 1.13 bits per heavy atom. The van der Waals surface area contributed by atoms with E-state index in [1.54, 1.807) is 18.2 Å². The number of carbonyl (C=O) groups excluding carboxylic acids is 1. The van der Waals surface area contributed by atoms with E-state index in [2.05, 4.69) is 5.10 Å². The summed E-state index contributed by atoms with van der Waals surface area (Å²) in [5.41, 5.74) is 2.36. The summed E-state index contributed by atoms with van der Waals surface area (Å²) in [6, 6.07) is 9.23. The molecule has 0 radical (unpaired) electrons. The number of benzene rings is 2. The predicted molar refractivity (Wildman–Crippen MR) is 140 cm³/mol. The quantitative estimate of drug-likeness (QED) is 0.286. The molecule has 10 nitrogen and oxygen atoms in total. The lowest BCUT2D eigenvalue weighted by Gasteiger charge is -2.32. The average molecular weight is 581 g/mol. The number of hydroxylamine groups is 1. The molecule has 38 heavy (non-hydrogen) atoms. The number of H-pyrrole nitrogens is 1. The fourth-order valence-electron chi connectivity index (χ4n) is 5.13. The summed E-state index contributed by atoms with van der Waals surface area (Å²) in [6.45, 7) is 0.0991. The van der Waals surface area contributed by atoms with Gasteiger partial charge in [0.05, 0.1) is 16.5 Å². The number of carbonyl (C=O) groups is 1. The first-order chi connectivity index (χ1) is 18.2. The lowest BCUT2D eigenvalue weighted by molar-refractivity contribution is -0.133. The van der Waals surface area contributed by atoms with E-state index in [1.807, 2.05) is 0 Å². The van der Waals surface area contributed by atoms with Gasteiger partial charge < -0.3 is 4.74 Å². The van der Waals surface area contributed by atoms with Gasteiger partial charge in [0.1, 0.15) is 18.4 Å². The molecule has 1 atom stereocenters. The van der Waals surface area contributed by atoms with E-state index in [1.165, 1.54) is 34.4 Å². The largest absolute Gasteiger partial charge is 0.489 e. The van der Waals surface area contributed by atoms with E-state index in [4.69, 9.17) is 27.9 Å². The maximum atomic E-state index is 13.6. The molecule has 0 bridgehead atoms. The Bertz CT molecular complexity index is 1510. The first-order valence-corrected chi connectivity index (χ1v) is 14.4. The monoisotopic (exact) mass is 580 g/mol. The van der Waals surface area contributed by atoms with Crippen LogP contribution in [0.4, 0.5) is 0 Å².